The number of carbonyl (C=O) groups excluding carboxylic acids is 3. The Labute approximate surface area is 131 Å². The topological polar surface area (TPSA) is 60.9 Å². The molecule has 4 amide bonds. The zero-order valence-corrected chi connectivity index (χ0v) is 13.3. The first-order valence-corrected chi connectivity index (χ1v) is 8.44. The van der Waals surface area contributed by atoms with Crippen LogP contribution in [0.15, 0.2) is 0 Å². The Bertz CT molecular complexity index is 479. The molecule has 0 bridgehead atoms. The summed E-state index contributed by atoms with van der Waals surface area (Å²) in [6.07, 6.45) is 7.68. The van der Waals surface area contributed by atoms with Gasteiger partial charge in [0.05, 0.1) is 0 Å². The fourth-order valence-corrected chi connectivity index (χ4v) is 4.05. The lowest BCUT2D eigenvalue weighted by Gasteiger charge is -2.35. The van der Waals surface area contributed by atoms with Gasteiger partial charge < -0.3 is 9.80 Å². The number of rotatable bonds is 2. The van der Waals surface area contributed by atoms with Crippen LogP contribution in [0.5, 0.6) is 0 Å². The highest BCUT2D eigenvalue weighted by Gasteiger charge is 2.55. The van der Waals surface area contributed by atoms with E-state index in [1.165, 1.54) is 4.90 Å². The van der Waals surface area contributed by atoms with Crippen LogP contribution in [0.1, 0.15) is 51.4 Å². The minimum atomic E-state index is -0.683. The average molecular weight is 307 g/mol. The molecule has 3 fully saturated rings. The molecule has 2 aliphatic heterocycles. The van der Waals surface area contributed by atoms with Gasteiger partial charge in [0.2, 0.25) is 5.91 Å². The number of likely N-dealkylation sites (tertiary alicyclic amines) is 1. The molecule has 0 aromatic heterocycles. The Morgan fingerprint density at radius 1 is 1.00 bits per heavy atom. The first-order valence-electron chi connectivity index (χ1n) is 8.44. The molecule has 1 spiro atoms. The van der Waals surface area contributed by atoms with Crippen LogP contribution in [0.25, 0.3) is 0 Å². The van der Waals surface area contributed by atoms with Gasteiger partial charge in [0.15, 0.2) is 0 Å². The molecule has 0 aromatic rings. The second-order valence-electron chi connectivity index (χ2n) is 6.77. The summed E-state index contributed by atoms with van der Waals surface area (Å²) in [5, 5.41) is 0. The minimum absolute atomic E-state index is 0.0935. The molecular formula is C16H25N3O3. The zero-order chi connectivity index (χ0) is 15.7. The van der Waals surface area contributed by atoms with Gasteiger partial charge in [0.25, 0.3) is 5.91 Å². The van der Waals surface area contributed by atoms with Crippen LogP contribution in [0.2, 0.25) is 0 Å². The van der Waals surface area contributed by atoms with E-state index in [-0.39, 0.29) is 24.4 Å². The van der Waals surface area contributed by atoms with Crippen molar-refractivity contribution in [2.75, 3.05) is 26.7 Å². The number of hydrogen-bond acceptors (Lipinski definition) is 3. The lowest BCUT2D eigenvalue weighted by atomic mass is 9.81. The van der Waals surface area contributed by atoms with Crippen molar-refractivity contribution in [3.05, 3.63) is 0 Å². The summed E-state index contributed by atoms with van der Waals surface area (Å²) in [6.45, 7) is 1.40. The van der Waals surface area contributed by atoms with Crippen molar-refractivity contribution in [3.8, 4) is 0 Å². The summed E-state index contributed by atoms with van der Waals surface area (Å²) < 4.78 is 0. The van der Waals surface area contributed by atoms with Gasteiger partial charge in [-0.05, 0) is 32.1 Å². The number of imide groups is 1. The van der Waals surface area contributed by atoms with E-state index < -0.39 is 5.54 Å². The third-order valence-electron chi connectivity index (χ3n) is 5.49. The summed E-state index contributed by atoms with van der Waals surface area (Å²) >= 11 is 0. The molecule has 0 radical (unpaired) electrons. The predicted molar refractivity (Wildman–Crippen MR) is 81.1 cm³/mol. The van der Waals surface area contributed by atoms with Crippen molar-refractivity contribution in [1.82, 2.24) is 14.7 Å². The molecule has 122 valence electrons. The molecule has 6 nitrogen and oxygen atoms in total. The maximum absolute atomic E-state index is 12.8. The van der Waals surface area contributed by atoms with Crippen LogP contribution in [-0.2, 0) is 9.59 Å². The number of likely N-dealkylation sites (N-methyl/N-ethyl adjacent to an activating group) is 1. The quantitative estimate of drug-likeness (QED) is 0.728. The van der Waals surface area contributed by atoms with Gasteiger partial charge in [-0.3, -0.25) is 14.5 Å². The Balaban J connectivity index is 1.72. The Morgan fingerprint density at radius 2 is 1.59 bits per heavy atom. The summed E-state index contributed by atoms with van der Waals surface area (Å²) in [7, 11) is 1.71. The van der Waals surface area contributed by atoms with E-state index in [1.54, 1.807) is 16.8 Å². The fourth-order valence-electron chi connectivity index (χ4n) is 4.05. The molecule has 3 rings (SSSR count). The first kappa shape index (κ1) is 15.3. The number of hydrogen-bond donors (Lipinski definition) is 0. The Kier molecular flexibility index (Phi) is 4.10. The molecule has 22 heavy (non-hydrogen) atoms. The lowest BCUT2D eigenvalue weighted by molar-refractivity contribution is -0.140. The zero-order valence-electron chi connectivity index (χ0n) is 13.3. The SMILES string of the molecule is CN1C(=O)N(CC(=O)N2CCCCC2)C(=O)C12CCCCC2. The van der Waals surface area contributed by atoms with E-state index in [4.69, 9.17) is 0 Å². The second-order valence-corrected chi connectivity index (χ2v) is 6.77. The molecule has 0 unspecified atom stereocenters. The number of amides is 4. The first-order chi connectivity index (χ1) is 10.6. The molecule has 1 saturated carbocycles. The van der Waals surface area contributed by atoms with Gasteiger partial charge >= 0.3 is 6.03 Å². The maximum Gasteiger partial charge on any atom is 0.327 e. The van der Waals surface area contributed by atoms with Crippen molar-refractivity contribution < 1.29 is 14.4 Å². The second kappa shape index (κ2) is 5.89. The molecule has 6 heteroatoms. The van der Waals surface area contributed by atoms with E-state index in [0.29, 0.717) is 0 Å². The van der Waals surface area contributed by atoms with Crippen LogP contribution < -0.4 is 0 Å². The van der Waals surface area contributed by atoms with Crippen LogP contribution in [0, 0.1) is 0 Å². The van der Waals surface area contributed by atoms with E-state index in [9.17, 15) is 14.4 Å². The summed E-state index contributed by atoms with van der Waals surface area (Å²) in [5.41, 5.74) is -0.683. The van der Waals surface area contributed by atoms with Crippen LogP contribution in [0.4, 0.5) is 4.79 Å². The Hall–Kier alpha value is -1.59. The van der Waals surface area contributed by atoms with Crippen molar-refractivity contribution >= 4 is 17.8 Å². The molecule has 0 aromatic carbocycles. The maximum atomic E-state index is 12.8. The highest BCUT2D eigenvalue weighted by Crippen LogP contribution is 2.39. The van der Waals surface area contributed by atoms with Crippen molar-refractivity contribution in [2.45, 2.75) is 56.9 Å². The average Bonchev–Trinajstić information content (AvgIpc) is 2.73. The number of carbonyl (C=O) groups is 3. The highest BCUT2D eigenvalue weighted by atomic mass is 16.2. The third kappa shape index (κ3) is 2.38. The van der Waals surface area contributed by atoms with Crippen LogP contribution in [0.3, 0.4) is 0 Å². The fraction of sp³-hybridized carbons (Fsp3) is 0.812. The van der Waals surface area contributed by atoms with Crippen molar-refractivity contribution in [1.29, 1.82) is 0 Å². The molecule has 0 atom stereocenters. The van der Waals surface area contributed by atoms with Crippen molar-refractivity contribution in [2.24, 2.45) is 0 Å². The van der Waals surface area contributed by atoms with Crippen LogP contribution >= 0.6 is 0 Å². The number of urea groups is 1. The van der Waals surface area contributed by atoms with E-state index in [2.05, 4.69) is 0 Å². The predicted octanol–water partition coefficient (Wildman–Crippen LogP) is 1.60. The summed E-state index contributed by atoms with van der Waals surface area (Å²) in [4.78, 5) is 42.2. The van der Waals surface area contributed by atoms with Gasteiger partial charge in [0.1, 0.15) is 12.1 Å². The summed E-state index contributed by atoms with van der Waals surface area (Å²) in [6, 6.07) is -0.308. The van der Waals surface area contributed by atoms with Gasteiger partial charge in [-0.1, -0.05) is 19.3 Å². The van der Waals surface area contributed by atoms with E-state index >= 15 is 0 Å². The van der Waals surface area contributed by atoms with Crippen molar-refractivity contribution in [3.63, 3.8) is 0 Å². The highest BCUT2D eigenvalue weighted by molar-refractivity contribution is 6.08. The molecule has 1 aliphatic carbocycles. The smallest absolute Gasteiger partial charge is 0.327 e. The minimum Gasteiger partial charge on any atom is -0.341 e. The van der Waals surface area contributed by atoms with Gasteiger partial charge in [0, 0.05) is 20.1 Å². The standard InChI is InChI=1S/C16H25N3O3/c1-17-15(22)19(12-13(20)18-10-6-3-7-11-18)14(21)16(17)8-4-2-5-9-16/h2-12H2,1H3. The molecule has 0 N–H and O–H groups in total. The number of nitrogens with zero attached hydrogens (tertiary/aromatic N) is 3. The van der Waals surface area contributed by atoms with Gasteiger partial charge in [-0.15, -0.1) is 0 Å². The molecule has 3 aliphatic rings. The molecule has 2 heterocycles. The molecular weight excluding hydrogens is 282 g/mol. The Morgan fingerprint density at radius 3 is 2.23 bits per heavy atom. The normalized spacial score (nSPS) is 25.2. The lowest BCUT2D eigenvalue weighted by Crippen LogP contribution is -2.50. The largest absolute Gasteiger partial charge is 0.341 e. The van der Waals surface area contributed by atoms with Gasteiger partial charge in [-0.25, -0.2) is 4.79 Å². The summed E-state index contributed by atoms with van der Waals surface area (Å²) in [5.74, 6) is -0.257. The number of piperidine rings is 1. The van der Waals surface area contributed by atoms with Crippen LogP contribution in [-0.4, -0.2) is 64.8 Å². The monoisotopic (exact) mass is 307 g/mol. The molecule has 2 saturated heterocycles. The third-order valence-corrected chi connectivity index (χ3v) is 5.49. The van der Waals surface area contributed by atoms with Gasteiger partial charge in [-0.2, -0.15) is 0 Å². The van der Waals surface area contributed by atoms with E-state index in [1.807, 2.05) is 0 Å². The van der Waals surface area contributed by atoms with E-state index in [0.717, 1.165) is 64.5 Å².